The summed E-state index contributed by atoms with van der Waals surface area (Å²) in [5.74, 6) is 0. The third-order valence-corrected chi connectivity index (χ3v) is 20.7. The molecule has 0 radical (unpaired) electrons. The first-order valence-electron chi connectivity index (χ1n) is 12.8. The Labute approximate surface area is 219 Å². The Kier molecular flexibility index (Phi) is 7.09. The van der Waals surface area contributed by atoms with Crippen molar-refractivity contribution in [3.8, 4) is 0 Å². The van der Waals surface area contributed by atoms with Crippen LogP contribution in [0.4, 0.5) is 4.79 Å². The van der Waals surface area contributed by atoms with E-state index in [1.165, 1.54) is 20.7 Å². The Balaban J connectivity index is 2.23. The molecular formula is C33H38OSi2. The molecule has 0 spiro atoms. The molecule has 0 amide bonds. The maximum absolute atomic E-state index is 16.1. The van der Waals surface area contributed by atoms with E-state index in [1.807, 2.05) is 0 Å². The monoisotopic (exact) mass is 506 g/mol. The van der Waals surface area contributed by atoms with Crippen LogP contribution >= 0.6 is 0 Å². The van der Waals surface area contributed by atoms with E-state index in [2.05, 4.69) is 163 Å². The molecule has 0 heterocycles. The van der Waals surface area contributed by atoms with Gasteiger partial charge in [0, 0.05) is 0 Å². The highest BCUT2D eigenvalue weighted by Crippen LogP contribution is 2.45. The molecule has 0 aromatic heterocycles. The molecule has 0 saturated carbocycles. The molecule has 0 N–H and O–H groups in total. The lowest BCUT2D eigenvalue weighted by Crippen LogP contribution is -2.82. The molecule has 184 valence electrons. The summed E-state index contributed by atoms with van der Waals surface area (Å²) >= 11 is 0. The summed E-state index contributed by atoms with van der Waals surface area (Å²) in [5, 5.41) is 4.76. The Bertz CT molecular complexity index is 1100. The van der Waals surface area contributed by atoms with Crippen LogP contribution in [0.3, 0.4) is 0 Å². The minimum absolute atomic E-state index is 0.250. The molecule has 1 nitrogen and oxygen atoms in total. The van der Waals surface area contributed by atoms with Crippen molar-refractivity contribution in [2.75, 3.05) is 0 Å². The predicted molar refractivity (Wildman–Crippen MR) is 161 cm³/mol. The van der Waals surface area contributed by atoms with Crippen molar-refractivity contribution < 1.29 is 4.79 Å². The number of hydrogen-bond acceptors (Lipinski definition) is 1. The second kappa shape index (κ2) is 9.80. The molecule has 36 heavy (non-hydrogen) atoms. The van der Waals surface area contributed by atoms with Gasteiger partial charge in [0.1, 0.15) is 5.03 Å². The molecule has 0 unspecified atom stereocenters. The summed E-state index contributed by atoms with van der Waals surface area (Å²) in [5.41, 5.74) is 0. The van der Waals surface area contributed by atoms with Gasteiger partial charge in [-0.1, -0.05) is 163 Å². The molecule has 4 rings (SSSR count). The fourth-order valence-corrected chi connectivity index (χ4v) is 21.8. The highest BCUT2D eigenvalue weighted by molar-refractivity contribution is 7.48. The smallest absolute Gasteiger partial charge is 0.193 e. The van der Waals surface area contributed by atoms with Gasteiger partial charge in [0.05, 0.1) is 0 Å². The van der Waals surface area contributed by atoms with Crippen LogP contribution < -0.4 is 20.7 Å². The van der Waals surface area contributed by atoms with Crippen LogP contribution in [-0.4, -0.2) is 21.2 Å². The summed E-state index contributed by atoms with van der Waals surface area (Å²) in [7, 11) is -6.08. The minimum Gasteiger partial charge on any atom is -0.309 e. The standard InChI is InChI=1S/C33H38OSi2/c1-32(2,3)35(27-19-11-7-12-20-27,28-21-13-8-14-22-28)31(34)36(33(4,5)6,29-23-15-9-16-24-29)30-25-17-10-18-26-30/h7-26H,1-6H3. The molecule has 3 heteroatoms. The maximum atomic E-state index is 16.1. The Morgan fingerprint density at radius 1 is 0.417 bits per heavy atom. The fraction of sp³-hybridized carbons (Fsp3) is 0.242. The van der Waals surface area contributed by atoms with Crippen LogP contribution in [0.15, 0.2) is 121 Å². The average Bonchev–Trinajstić information content (AvgIpc) is 2.86. The summed E-state index contributed by atoms with van der Waals surface area (Å²) in [6, 6.07) is 42.7. The predicted octanol–water partition coefficient (Wildman–Crippen LogP) is 6.40. The summed E-state index contributed by atoms with van der Waals surface area (Å²) < 4.78 is 0. The SMILES string of the molecule is CC(C)(C)[Si](C(=O)[Si](c1ccccc1)(c1ccccc1)C(C)(C)C)(c1ccccc1)c1ccccc1. The third kappa shape index (κ3) is 4.05. The molecule has 0 aliphatic carbocycles. The van der Waals surface area contributed by atoms with Gasteiger partial charge >= 0.3 is 0 Å². The van der Waals surface area contributed by atoms with Crippen molar-refractivity contribution in [2.45, 2.75) is 51.6 Å². The maximum Gasteiger partial charge on any atom is 0.193 e. The van der Waals surface area contributed by atoms with E-state index in [0.717, 1.165) is 0 Å². The third-order valence-electron chi connectivity index (χ3n) is 7.76. The van der Waals surface area contributed by atoms with Crippen molar-refractivity contribution in [3.05, 3.63) is 121 Å². The van der Waals surface area contributed by atoms with Crippen molar-refractivity contribution in [1.82, 2.24) is 0 Å². The van der Waals surface area contributed by atoms with E-state index < -0.39 is 16.1 Å². The van der Waals surface area contributed by atoms with Crippen LogP contribution in [0.2, 0.25) is 10.1 Å². The van der Waals surface area contributed by atoms with E-state index >= 15 is 4.79 Å². The van der Waals surface area contributed by atoms with Gasteiger partial charge in [-0.05, 0) is 30.8 Å². The molecule has 0 fully saturated rings. The lowest BCUT2D eigenvalue weighted by Gasteiger charge is -2.51. The Morgan fingerprint density at radius 3 is 0.778 bits per heavy atom. The Morgan fingerprint density at radius 2 is 0.611 bits per heavy atom. The molecule has 0 aliphatic rings. The largest absolute Gasteiger partial charge is 0.309 e. The highest BCUT2D eigenvalue weighted by atomic mass is 28.4. The number of hydrogen-bond donors (Lipinski definition) is 0. The second-order valence-electron chi connectivity index (χ2n) is 11.8. The molecule has 0 aliphatic heterocycles. The van der Waals surface area contributed by atoms with Gasteiger partial charge in [-0.2, -0.15) is 0 Å². The summed E-state index contributed by atoms with van der Waals surface area (Å²) in [4.78, 5) is 16.1. The van der Waals surface area contributed by atoms with E-state index in [0.29, 0.717) is 5.03 Å². The van der Waals surface area contributed by atoms with Crippen LogP contribution in [0.25, 0.3) is 0 Å². The van der Waals surface area contributed by atoms with Gasteiger partial charge in [-0.25, -0.2) is 0 Å². The van der Waals surface area contributed by atoms with E-state index in [9.17, 15) is 0 Å². The number of carbonyl (C=O) groups is 1. The van der Waals surface area contributed by atoms with Crippen molar-refractivity contribution in [3.63, 3.8) is 0 Å². The molecule has 4 aromatic carbocycles. The zero-order valence-electron chi connectivity index (χ0n) is 22.5. The van der Waals surface area contributed by atoms with E-state index in [4.69, 9.17) is 0 Å². The molecule has 0 bridgehead atoms. The zero-order chi connectivity index (χ0) is 26.0. The van der Waals surface area contributed by atoms with Gasteiger partial charge < -0.3 is 4.79 Å². The number of rotatable bonds is 6. The summed E-state index contributed by atoms with van der Waals surface area (Å²) in [6.07, 6.45) is 0. The van der Waals surface area contributed by atoms with Crippen LogP contribution in [0, 0.1) is 0 Å². The van der Waals surface area contributed by atoms with Crippen LogP contribution in [0.5, 0.6) is 0 Å². The zero-order valence-corrected chi connectivity index (χ0v) is 24.5. The number of carbonyl (C=O) groups excluding carboxylic acids is 1. The van der Waals surface area contributed by atoms with Crippen molar-refractivity contribution in [1.29, 1.82) is 0 Å². The molecule has 0 saturated heterocycles. The Hall–Kier alpha value is -3.02. The second-order valence-corrected chi connectivity index (χ2v) is 21.5. The average molecular weight is 507 g/mol. The van der Waals surface area contributed by atoms with Gasteiger partial charge in [0.2, 0.25) is 0 Å². The minimum atomic E-state index is -3.04. The summed E-state index contributed by atoms with van der Waals surface area (Å²) in [6.45, 7) is 13.7. The van der Waals surface area contributed by atoms with E-state index in [-0.39, 0.29) is 10.1 Å². The normalized spacial score (nSPS) is 12.8. The van der Waals surface area contributed by atoms with E-state index in [1.54, 1.807) is 0 Å². The quantitative estimate of drug-likeness (QED) is 0.277. The van der Waals surface area contributed by atoms with Gasteiger partial charge in [-0.15, -0.1) is 0 Å². The number of benzene rings is 4. The van der Waals surface area contributed by atoms with Gasteiger partial charge in [-0.3, -0.25) is 0 Å². The van der Waals surface area contributed by atoms with Crippen LogP contribution in [0.1, 0.15) is 41.5 Å². The van der Waals surface area contributed by atoms with Crippen LogP contribution in [-0.2, 0) is 0 Å². The lowest BCUT2D eigenvalue weighted by atomic mass is 10.2. The molecule has 0 atom stereocenters. The van der Waals surface area contributed by atoms with Gasteiger partial charge in [0.15, 0.2) is 16.1 Å². The first kappa shape index (κ1) is 26.1. The lowest BCUT2D eigenvalue weighted by molar-refractivity contribution is 0.271. The first-order valence-corrected chi connectivity index (χ1v) is 16.8. The molecular weight excluding hydrogens is 469 g/mol. The molecule has 4 aromatic rings. The fourth-order valence-electron chi connectivity index (χ4n) is 6.30. The van der Waals surface area contributed by atoms with Crippen molar-refractivity contribution in [2.24, 2.45) is 0 Å². The topological polar surface area (TPSA) is 17.1 Å². The van der Waals surface area contributed by atoms with Crippen molar-refractivity contribution >= 4 is 41.9 Å². The van der Waals surface area contributed by atoms with Gasteiger partial charge in [0.25, 0.3) is 0 Å². The highest BCUT2D eigenvalue weighted by Gasteiger charge is 2.65. The first-order chi connectivity index (χ1) is 17.1.